The van der Waals surface area contributed by atoms with Crippen LogP contribution < -0.4 is 10.1 Å². The van der Waals surface area contributed by atoms with Crippen molar-refractivity contribution < 1.29 is 24.2 Å². The van der Waals surface area contributed by atoms with Gasteiger partial charge in [-0.2, -0.15) is 0 Å². The Morgan fingerprint density at radius 1 is 1.33 bits per heavy atom. The van der Waals surface area contributed by atoms with Gasteiger partial charge in [-0.3, -0.25) is 9.59 Å². The van der Waals surface area contributed by atoms with E-state index in [-0.39, 0.29) is 24.9 Å². The summed E-state index contributed by atoms with van der Waals surface area (Å²) in [7, 11) is 0. The summed E-state index contributed by atoms with van der Waals surface area (Å²) in [5.74, 6) is -0.492. The molecule has 7 heteroatoms. The summed E-state index contributed by atoms with van der Waals surface area (Å²) in [4.78, 5) is 22.5. The van der Waals surface area contributed by atoms with Crippen molar-refractivity contribution >= 4 is 29.2 Å². The van der Waals surface area contributed by atoms with Crippen molar-refractivity contribution in [3.05, 3.63) is 23.2 Å². The predicted octanol–water partition coefficient (Wildman–Crippen LogP) is 3.48. The Kier molecular flexibility index (Phi) is 7.34. The molecule has 0 radical (unpaired) electrons. The standard InChI is InChI=1S/C17H22ClNO5/c18-12-7-8-15(24-11-13-4-3-9-23-13)14(10-12)19-16(20)5-1-2-6-17(21)22/h7-8,10,13H,1-6,9,11H2,(H,19,20)(H,21,22). The smallest absolute Gasteiger partial charge is 0.303 e. The highest BCUT2D eigenvalue weighted by Crippen LogP contribution is 2.29. The lowest BCUT2D eigenvalue weighted by atomic mass is 10.2. The van der Waals surface area contributed by atoms with Crippen molar-refractivity contribution in [1.82, 2.24) is 0 Å². The number of halogens is 1. The molecular formula is C17H22ClNO5. The number of rotatable bonds is 9. The van der Waals surface area contributed by atoms with Gasteiger partial charge in [0.25, 0.3) is 0 Å². The Bertz CT molecular complexity index is 572. The number of carbonyl (C=O) groups excluding carboxylic acids is 1. The quantitative estimate of drug-likeness (QED) is 0.662. The van der Waals surface area contributed by atoms with E-state index in [9.17, 15) is 9.59 Å². The van der Waals surface area contributed by atoms with Crippen molar-refractivity contribution in [1.29, 1.82) is 0 Å². The molecule has 1 saturated heterocycles. The summed E-state index contributed by atoms with van der Waals surface area (Å²) < 4.78 is 11.3. The highest BCUT2D eigenvalue weighted by atomic mass is 35.5. The molecule has 132 valence electrons. The molecule has 1 amide bonds. The molecule has 0 bridgehead atoms. The lowest BCUT2D eigenvalue weighted by molar-refractivity contribution is -0.137. The number of aliphatic carboxylic acids is 1. The maximum Gasteiger partial charge on any atom is 0.303 e. The summed E-state index contributed by atoms with van der Waals surface area (Å²) in [6, 6.07) is 5.06. The van der Waals surface area contributed by atoms with Gasteiger partial charge in [-0.1, -0.05) is 11.6 Å². The molecule has 1 atom stereocenters. The first-order valence-electron chi connectivity index (χ1n) is 8.10. The number of benzene rings is 1. The topological polar surface area (TPSA) is 84.9 Å². The zero-order valence-corrected chi connectivity index (χ0v) is 14.2. The highest BCUT2D eigenvalue weighted by Gasteiger charge is 2.17. The van der Waals surface area contributed by atoms with Crippen LogP contribution in [-0.4, -0.2) is 36.3 Å². The van der Waals surface area contributed by atoms with E-state index >= 15 is 0 Å². The molecule has 2 rings (SSSR count). The van der Waals surface area contributed by atoms with E-state index in [4.69, 9.17) is 26.2 Å². The molecule has 1 unspecified atom stereocenters. The predicted molar refractivity (Wildman–Crippen MR) is 90.7 cm³/mol. The van der Waals surface area contributed by atoms with Gasteiger partial charge in [-0.25, -0.2) is 0 Å². The third kappa shape index (κ3) is 6.37. The fourth-order valence-electron chi connectivity index (χ4n) is 2.46. The van der Waals surface area contributed by atoms with Gasteiger partial charge in [0.1, 0.15) is 12.4 Å². The number of amides is 1. The molecule has 1 heterocycles. The first-order chi connectivity index (χ1) is 11.5. The van der Waals surface area contributed by atoms with Gasteiger partial charge >= 0.3 is 5.97 Å². The number of carbonyl (C=O) groups is 2. The molecule has 0 saturated carbocycles. The minimum absolute atomic E-state index is 0.0696. The number of anilines is 1. The van der Waals surface area contributed by atoms with Crippen molar-refractivity contribution in [2.45, 2.75) is 44.6 Å². The van der Waals surface area contributed by atoms with E-state index in [1.165, 1.54) is 0 Å². The van der Waals surface area contributed by atoms with Gasteiger partial charge in [0.2, 0.25) is 5.91 Å². The average Bonchev–Trinajstić information content (AvgIpc) is 3.04. The van der Waals surface area contributed by atoms with Crippen LogP contribution in [0.2, 0.25) is 5.02 Å². The van der Waals surface area contributed by atoms with E-state index in [0.29, 0.717) is 35.9 Å². The number of ether oxygens (including phenoxy) is 2. The lowest BCUT2D eigenvalue weighted by Gasteiger charge is -2.15. The molecule has 0 spiro atoms. The number of unbranched alkanes of at least 4 members (excludes halogenated alkanes) is 1. The van der Waals surface area contributed by atoms with Crippen LogP contribution in [0.1, 0.15) is 38.5 Å². The molecule has 0 aromatic heterocycles. The van der Waals surface area contributed by atoms with E-state index in [2.05, 4.69) is 5.32 Å². The van der Waals surface area contributed by atoms with Crippen molar-refractivity contribution in [3.63, 3.8) is 0 Å². The van der Waals surface area contributed by atoms with Crippen LogP contribution in [0.4, 0.5) is 5.69 Å². The van der Waals surface area contributed by atoms with Gasteiger partial charge < -0.3 is 19.9 Å². The average molecular weight is 356 g/mol. The highest BCUT2D eigenvalue weighted by molar-refractivity contribution is 6.31. The normalized spacial score (nSPS) is 16.8. The SMILES string of the molecule is O=C(O)CCCCC(=O)Nc1cc(Cl)ccc1OCC1CCCO1. The molecule has 6 nitrogen and oxygen atoms in total. The van der Waals surface area contributed by atoms with Crippen LogP contribution in [0.5, 0.6) is 5.75 Å². The molecule has 1 fully saturated rings. The molecule has 0 aliphatic carbocycles. The zero-order valence-electron chi connectivity index (χ0n) is 13.4. The van der Waals surface area contributed by atoms with Crippen LogP contribution in [0.15, 0.2) is 18.2 Å². The molecule has 1 aliphatic rings. The van der Waals surface area contributed by atoms with E-state index in [1.54, 1.807) is 18.2 Å². The Hall–Kier alpha value is -1.79. The number of hydrogen-bond donors (Lipinski definition) is 2. The maximum atomic E-state index is 12.0. The van der Waals surface area contributed by atoms with Crippen molar-refractivity contribution in [2.24, 2.45) is 0 Å². The summed E-state index contributed by atoms with van der Waals surface area (Å²) in [6.45, 7) is 1.19. The fourth-order valence-corrected chi connectivity index (χ4v) is 2.63. The Balaban J connectivity index is 1.86. The molecule has 2 N–H and O–H groups in total. The number of carboxylic acid groups (broad SMARTS) is 1. The van der Waals surface area contributed by atoms with E-state index in [0.717, 1.165) is 19.4 Å². The zero-order chi connectivity index (χ0) is 17.4. The second kappa shape index (κ2) is 9.49. The van der Waals surface area contributed by atoms with Crippen LogP contribution >= 0.6 is 11.6 Å². The van der Waals surface area contributed by atoms with Gasteiger partial charge in [0, 0.05) is 24.5 Å². The van der Waals surface area contributed by atoms with Crippen LogP contribution in [0, 0.1) is 0 Å². The Labute approximate surface area is 146 Å². The third-order valence-electron chi connectivity index (χ3n) is 3.71. The minimum atomic E-state index is -0.852. The minimum Gasteiger partial charge on any atom is -0.489 e. The van der Waals surface area contributed by atoms with Crippen LogP contribution in [0.25, 0.3) is 0 Å². The largest absolute Gasteiger partial charge is 0.489 e. The first-order valence-corrected chi connectivity index (χ1v) is 8.48. The summed E-state index contributed by atoms with van der Waals surface area (Å²) in [5.41, 5.74) is 0.517. The monoisotopic (exact) mass is 355 g/mol. The lowest BCUT2D eigenvalue weighted by Crippen LogP contribution is -2.18. The van der Waals surface area contributed by atoms with Gasteiger partial charge in [0.15, 0.2) is 0 Å². The number of hydrogen-bond acceptors (Lipinski definition) is 4. The van der Waals surface area contributed by atoms with E-state index < -0.39 is 5.97 Å². The second-order valence-corrected chi connectivity index (χ2v) is 6.17. The van der Waals surface area contributed by atoms with Crippen LogP contribution in [-0.2, 0) is 14.3 Å². The Morgan fingerprint density at radius 3 is 2.83 bits per heavy atom. The third-order valence-corrected chi connectivity index (χ3v) is 3.94. The summed E-state index contributed by atoms with van der Waals surface area (Å²) in [5, 5.41) is 11.9. The van der Waals surface area contributed by atoms with Gasteiger partial charge in [-0.05, 0) is 43.9 Å². The molecule has 1 aromatic rings. The van der Waals surface area contributed by atoms with Crippen molar-refractivity contribution in [3.8, 4) is 5.75 Å². The number of carboxylic acids is 1. The molecule has 24 heavy (non-hydrogen) atoms. The maximum absolute atomic E-state index is 12.0. The van der Waals surface area contributed by atoms with Gasteiger partial charge in [-0.15, -0.1) is 0 Å². The Morgan fingerprint density at radius 2 is 2.12 bits per heavy atom. The molecular weight excluding hydrogens is 334 g/mol. The summed E-state index contributed by atoms with van der Waals surface area (Å²) >= 11 is 5.99. The summed E-state index contributed by atoms with van der Waals surface area (Å²) in [6.07, 6.45) is 3.41. The first kappa shape index (κ1) is 18.5. The van der Waals surface area contributed by atoms with E-state index in [1.807, 2.05) is 0 Å². The number of nitrogens with one attached hydrogen (secondary N) is 1. The molecule has 1 aromatic carbocycles. The van der Waals surface area contributed by atoms with Crippen LogP contribution in [0.3, 0.4) is 0 Å². The fraction of sp³-hybridized carbons (Fsp3) is 0.529. The molecule has 1 aliphatic heterocycles. The van der Waals surface area contributed by atoms with Gasteiger partial charge in [0.05, 0.1) is 11.8 Å². The second-order valence-electron chi connectivity index (χ2n) is 5.74. The van der Waals surface area contributed by atoms with Crippen molar-refractivity contribution in [2.75, 3.05) is 18.5 Å².